The second-order valence-corrected chi connectivity index (χ2v) is 5.43. The largest absolute Gasteiger partial charge is 0.351 e. The Kier molecular flexibility index (Phi) is 4.69. The molecule has 1 aromatic heterocycles. The van der Waals surface area contributed by atoms with Crippen molar-refractivity contribution in [3.8, 4) is 0 Å². The third kappa shape index (κ3) is 4.73. The first kappa shape index (κ1) is 15.2. The van der Waals surface area contributed by atoms with E-state index in [1.807, 2.05) is 19.9 Å². The Morgan fingerprint density at radius 2 is 2.11 bits per heavy atom. The second kappa shape index (κ2) is 5.86. The van der Waals surface area contributed by atoms with Crippen LogP contribution in [0.5, 0.6) is 0 Å². The fourth-order valence-electron chi connectivity index (χ4n) is 1.84. The summed E-state index contributed by atoms with van der Waals surface area (Å²) in [5.74, 6) is -0.432. The van der Waals surface area contributed by atoms with Crippen molar-refractivity contribution in [2.45, 2.75) is 52.6 Å². The summed E-state index contributed by atoms with van der Waals surface area (Å²) in [6.07, 6.45) is 0.645. The molecule has 0 saturated carbocycles. The van der Waals surface area contributed by atoms with Crippen molar-refractivity contribution in [2.24, 2.45) is 0 Å². The number of rotatable bonds is 5. The Hall–Kier alpha value is -1.85. The maximum atomic E-state index is 12.1. The van der Waals surface area contributed by atoms with Crippen molar-refractivity contribution in [3.05, 3.63) is 17.5 Å². The maximum Gasteiger partial charge on any atom is 0.245 e. The normalized spacial score (nSPS) is 12.9. The van der Waals surface area contributed by atoms with Crippen LogP contribution in [-0.2, 0) is 16.0 Å². The van der Waals surface area contributed by atoms with Crippen LogP contribution in [0.2, 0.25) is 0 Å². The van der Waals surface area contributed by atoms with Gasteiger partial charge in [0.25, 0.3) is 0 Å². The zero-order chi connectivity index (χ0) is 14.6. The number of carbonyl (C=O) groups excluding carboxylic acids is 2. The molecule has 6 heteroatoms. The predicted octanol–water partition coefficient (Wildman–Crippen LogP) is 0.680. The summed E-state index contributed by atoms with van der Waals surface area (Å²) < 4.78 is 0. The Bertz CT molecular complexity index is 465. The van der Waals surface area contributed by atoms with Gasteiger partial charge in [-0.1, -0.05) is 0 Å². The summed E-state index contributed by atoms with van der Waals surface area (Å²) in [6, 6.07) is 1.89. The molecule has 0 aliphatic rings. The van der Waals surface area contributed by atoms with Gasteiger partial charge in [-0.2, -0.15) is 5.10 Å². The Morgan fingerprint density at radius 3 is 2.58 bits per heavy atom. The molecular formula is C13H22N4O2. The van der Waals surface area contributed by atoms with Gasteiger partial charge in [-0.3, -0.25) is 14.7 Å². The molecule has 1 heterocycles. The smallest absolute Gasteiger partial charge is 0.245 e. The lowest BCUT2D eigenvalue weighted by molar-refractivity contribution is -0.131. The molecule has 0 radical (unpaired) electrons. The zero-order valence-corrected chi connectivity index (χ0v) is 12.1. The average Bonchev–Trinajstić information content (AvgIpc) is 2.61. The molecule has 0 spiro atoms. The molecule has 0 aromatic carbocycles. The molecule has 1 atom stereocenters. The lowest BCUT2D eigenvalue weighted by Gasteiger charge is -2.26. The highest BCUT2D eigenvalue weighted by molar-refractivity contribution is 5.90. The summed E-state index contributed by atoms with van der Waals surface area (Å²) in [5.41, 5.74) is 0.983. The molecule has 6 nitrogen and oxygen atoms in total. The topological polar surface area (TPSA) is 86.9 Å². The third-order valence-electron chi connectivity index (χ3n) is 2.71. The van der Waals surface area contributed by atoms with Crippen molar-refractivity contribution < 1.29 is 9.59 Å². The minimum atomic E-state index is -0.915. The second-order valence-electron chi connectivity index (χ2n) is 5.43. The SMILES string of the molecule is CC(=O)NC(C)(C)C(=O)N[C@@H](C)Cc1cc(C)[nH]n1. The van der Waals surface area contributed by atoms with Crippen LogP contribution in [0.1, 0.15) is 39.1 Å². The lowest BCUT2D eigenvalue weighted by Crippen LogP contribution is -2.56. The molecule has 0 bridgehead atoms. The molecule has 1 aromatic rings. The number of aromatic amines is 1. The third-order valence-corrected chi connectivity index (χ3v) is 2.71. The van der Waals surface area contributed by atoms with Crippen LogP contribution in [-0.4, -0.2) is 33.6 Å². The van der Waals surface area contributed by atoms with Gasteiger partial charge in [0, 0.05) is 25.1 Å². The average molecular weight is 266 g/mol. The van der Waals surface area contributed by atoms with E-state index in [-0.39, 0.29) is 17.9 Å². The maximum absolute atomic E-state index is 12.1. The summed E-state index contributed by atoms with van der Waals surface area (Å²) >= 11 is 0. The molecule has 19 heavy (non-hydrogen) atoms. The van der Waals surface area contributed by atoms with E-state index in [1.165, 1.54) is 6.92 Å². The van der Waals surface area contributed by atoms with E-state index in [0.29, 0.717) is 6.42 Å². The highest BCUT2D eigenvalue weighted by atomic mass is 16.2. The van der Waals surface area contributed by atoms with Crippen LogP contribution >= 0.6 is 0 Å². The van der Waals surface area contributed by atoms with E-state index in [0.717, 1.165) is 11.4 Å². The van der Waals surface area contributed by atoms with Crippen molar-refractivity contribution in [1.82, 2.24) is 20.8 Å². The van der Waals surface area contributed by atoms with Crippen LogP contribution in [0, 0.1) is 6.92 Å². The summed E-state index contributed by atoms with van der Waals surface area (Å²) in [4.78, 5) is 23.1. The molecule has 3 N–H and O–H groups in total. The lowest BCUT2D eigenvalue weighted by atomic mass is 10.0. The molecular weight excluding hydrogens is 244 g/mol. The van der Waals surface area contributed by atoms with Crippen LogP contribution < -0.4 is 10.6 Å². The minimum Gasteiger partial charge on any atom is -0.351 e. The van der Waals surface area contributed by atoms with Gasteiger partial charge in [0.2, 0.25) is 11.8 Å². The van der Waals surface area contributed by atoms with Crippen LogP contribution in [0.15, 0.2) is 6.07 Å². The predicted molar refractivity (Wildman–Crippen MR) is 72.5 cm³/mol. The van der Waals surface area contributed by atoms with Gasteiger partial charge in [-0.05, 0) is 33.8 Å². The van der Waals surface area contributed by atoms with E-state index in [4.69, 9.17) is 0 Å². The first-order valence-electron chi connectivity index (χ1n) is 6.31. The first-order valence-corrected chi connectivity index (χ1v) is 6.31. The van der Waals surface area contributed by atoms with E-state index in [9.17, 15) is 9.59 Å². The summed E-state index contributed by atoms with van der Waals surface area (Å²) in [7, 11) is 0. The van der Waals surface area contributed by atoms with Gasteiger partial charge >= 0.3 is 0 Å². The summed E-state index contributed by atoms with van der Waals surface area (Å²) in [5, 5.41) is 12.5. The van der Waals surface area contributed by atoms with Crippen LogP contribution in [0.4, 0.5) is 0 Å². The van der Waals surface area contributed by atoms with E-state index >= 15 is 0 Å². The molecule has 0 unspecified atom stereocenters. The number of hydrogen-bond acceptors (Lipinski definition) is 3. The number of aromatic nitrogens is 2. The molecule has 106 valence electrons. The molecule has 2 amide bonds. The summed E-state index contributed by atoms with van der Waals surface area (Å²) in [6.45, 7) is 8.58. The number of carbonyl (C=O) groups is 2. The van der Waals surface area contributed by atoms with Crippen molar-refractivity contribution >= 4 is 11.8 Å². The number of amides is 2. The highest BCUT2D eigenvalue weighted by Gasteiger charge is 2.29. The number of hydrogen-bond donors (Lipinski definition) is 3. The fourth-order valence-corrected chi connectivity index (χ4v) is 1.84. The molecule has 0 saturated heterocycles. The van der Waals surface area contributed by atoms with Crippen molar-refractivity contribution in [1.29, 1.82) is 0 Å². The van der Waals surface area contributed by atoms with Gasteiger partial charge in [0.1, 0.15) is 5.54 Å². The minimum absolute atomic E-state index is 0.0526. The van der Waals surface area contributed by atoms with Gasteiger partial charge in [-0.15, -0.1) is 0 Å². The molecule has 0 aliphatic heterocycles. The van der Waals surface area contributed by atoms with Gasteiger partial charge in [0.05, 0.1) is 5.69 Å². The molecule has 1 rings (SSSR count). The number of H-pyrrole nitrogens is 1. The highest BCUT2D eigenvalue weighted by Crippen LogP contribution is 2.06. The quantitative estimate of drug-likeness (QED) is 0.732. The van der Waals surface area contributed by atoms with E-state index < -0.39 is 5.54 Å². The number of nitrogens with zero attached hydrogens (tertiary/aromatic N) is 1. The first-order chi connectivity index (χ1) is 8.70. The zero-order valence-electron chi connectivity index (χ0n) is 12.1. The molecule has 0 fully saturated rings. The van der Waals surface area contributed by atoms with E-state index in [2.05, 4.69) is 20.8 Å². The molecule has 0 aliphatic carbocycles. The Morgan fingerprint density at radius 1 is 1.47 bits per heavy atom. The Labute approximate surface area is 113 Å². The monoisotopic (exact) mass is 266 g/mol. The van der Waals surface area contributed by atoms with E-state index in [1.54, 1.807) is 13.8 Å². The number of aryl methyl sites for hydroxylation is 1. The Balaban J connectivity index is 2.54. The van der Waals surface area contributed by atoms with Gasteiger partial charge in [-0.25, -0.2) is 0 Å². The van der Waals surface area contributed by atoms with Crippen molar-refractivity contribution in [2.75, 3.05) is 0 Å². The van der Waals surface area contributed by atoms with Crippen LogP contribution in [0.25, 0.3) is 0 Å². The van der Waals surface area contributed by atoms with Gasteiger partial charge < -0.3 is 10.6 Å². The number of nitrogens with one attached hydrogen (secondary N) is 3. The van der Waals surface area contributed by atoms with Gasteiger partial charge in [0.15, 0.2) is 0 Å². The van der Waals surface area contributed by atoms with Crippen LogP contribution in [0.3, 0.4) is 0 Å². The standard InChI is InChI=1S/C13H22N4O2/c1-8(6-11-7-9(2)16-17-11)14-12(19)13(4,5)15-10(3)18/h7-8H,6H2,1-5H3,(H,14,19)(H,15,18)(H,16,17)/t8-/m0/s1. The fraction of sp³-hybridized carbons (Fsp3) is 0.615. The van der Waals surface area contributed by atoms with Crippen molar-refractivity contribution in [3.63, 3.8) is 0 Å².